The fourth-order valence-electron chi connectivity index (χ4n) is 2.75. The van der Waals surface area contributed by atoms with Gasteiger partial charge in [-0.25, -0.2) is 14.5 Å². The molecular formula is C15H16N6O3. The number of aromatic nitrogens is 5. The van der Waals surface area contributed by atoms with E-state index in [0.29, 0.717) is 29.5 Å². The Bertz CT molecular complexity index is 911. The summed E-state index contributed by atoms with van der Waals surface area (Å²) in [6.45, 7) is 0.225. The van der Waals surface area contributed by atoms with Gasteiger partial charge in [0.2, 0.25) is 0 Å². The molecule has 9 heteroatoms. The molecule has 4 rings (SSSR count). The number of nitrogens with zero attached hydrogens (tertiary/aromatic N) is 5. The Morgan fingerprint density at radius 3 is 2.79 bits per heavy atom. The highest BCUT2D eigenvalue weighted by atomic mass is 16.4. The number of nitrogens with one attached hydrogen (secondary N) is 1. The van der Waals surface area contributed by atoms with Gasteiger partial charge in [-0.1, -0.05) is 5.21 Å². The molecule has 1 aliphatic carbocycles. The number of imidazole rings is 1. The molecule has 3 heterocycles. The minimum absolute atomic E-state index is 0.164. The van der Waals surface area contributed by atoms with Crippen LogP contribution >= 0.6 is 0 Å². The molecule has 0 radical (unpaired) electrons. The number of anilines is 1. The van der Waals surface area contributed by atoms with E-state index in [2.05, 4.69) is 20.6 Å². The summed E-state index contributed by atoms with van der Waals surface area (Å²) in [4.78, 5) is 15.6. The van der Waals surface area contributed by atoms with Crippen LogP contribution < -0.4 is 5.32 Å². The highest BCUT2D eigenvalue weighted by Gasteiger charge is 2.25. The smallest absolute Gasteiger partial charge is 0.409 e. The molecule has 124 valence electrons. The summed E-state index contributed by atoms with van der Waals surface area (Å²) in [6.07, 6.45) is 6.64. The number of rotatable bonds is 5. The van der Waals surface area contributed by atoms with E-state index in [1.54, 1.807) is 10.9 Å². The molecule has 0 bridgehead atoms. The molecule has 3 aromatic rings. The lowest BCUT2D eigenvalue weighted by Crippen LogP contribution is -2.09. The van der Waals surface area contributed by atoms with Crippen LogP contribution in [0.25, 0.3) is 5.65 Å². The van der Waals surface area contributed by atoms with Crippen molar-refractivity contribution in [3.8, 4) is 0 Å². The van der Waals surface area contributed by atoms with Crippen molar-refractivity contribution in [3.05, 3.63) is 41.6 Å². The van der Waals surface area contributed by atoms with Crippen molar-refractivity contribution in [1.82, 2.24) is 24.4 Å². The summed E-state index contributed by atoms with van der Waals surface area (Å²) in [7, 11) is 0. The third-order valence-electron chi connectivity index (χ3n) is 3.98. The number of hydrogen-bond acceptors (Lipinski definition) is 5. The number of aliphatic hydroxyl groups is 1. The maximum absolute atomic E-state index is 11.0. The van der Waals surface area contributed by atoms with E-state index in [1.807, 2.05) is 22.9 Å². The highest BCUT2D eigenvalue weighted by Crippen LogP contribution is 2.41. The topological polar surface area (TPSA) is 118 Å². The maximum atomic E-state index is 11.0. The second-order valence-electron chi connectivity index (χ2n) is 5.92. The van der Waals surface area contributed by atoms with E-state index in [9.17, 15) is 4.79 Å². The molecule has 0 unspecified atom stereocenters. The number of hydrogen-bond donors (Lipinski definition) is 3. The minimum Gasteiger partial charge on any atom is -0.465 e. The van der Waals surface area contributed by atoms with Crippen LogP contribution in [0.15, 0.2) is 24.7 Å². The van der Waals surface area contributed by atoms with Crippen molar-refractivity contribution in [2.45, 2.75) is 31.9 Å². The fraction of sp³-hybridized carbons (Fsp3) is 0.333. The molecule has 0 aliphatic heterocycles. The van der Waals surface area contributed by atoms with Crippen LogP contribution in [0.3, 0.4) is 0 Å². The normalized spacial score (nSPS) is 14.2. The third-order valence-corrected chi connectivity index (χ3v) is 3.98. The van der Waals surface area contributed by atoms with E-state index in [-0.39, 0.29) is 6.61 Å². The molecule has 1 fully saturated rings. The Kier molecular flexibility index (Phi) is 3.42. The van der Waals surface area contributed by atoms with E-state index in [0.717, 1.165) is 24.1 Å². The predicted molar refractivity (Wildman–Crippen MR) is 83.9 cm³/mol. The SMILES string of the molecule is O=C(O)Nc1cc(C2CC2)cn2cc(Cn3cc(CO)nn3)nc12. The summed E-state index contributed by atoms with van der Waals surface area (Å²) < 4.78 is 3.43. The van der Waals surface area contributed by atoms with Crippen LogP contribution in [0, 0.1) is 0 Å². The fourth-order valence-corrected chi connectivity index (χ4v) is 2.75. The standard InChI is InChI=1S/C15H16N6O3/c22-8-12-7-21(19-18-12)6-11-5-20-4-10(9-1-2-9)3-13(14(20)16-11)17-15(23)24/h3-5,7,9,17,22H,1-2,6,8H2,(H,23,24). The predicted octanol–water partition coefficient (Wildman–Crippen LogP) is 1.43. The minimum atomic E-state index is -1.11. The van der Waals surface area contributed by atoms with Gasteiger partial charge in [-0.05, 0) is 30.4 Å². The van der Waals surface area contributed by atoms with Gasteiger partial charge in [0.25, 0.3) is 0 Å². The molecule has 0 atom stereocenters. The zero-order valence-electron chi connectivity index (χ0n) is 12.8. The lowest BCUT2D eigenvalue weighted by molar-refractivity contribution is 0.210. The Balaban J connectivity index is 1.71. The van der Waals surface area contributed by atoms with Gasteiger partial charge >= 0.3 is 6.09 Å². The van der Waals surface area contributed by atoms with Crippen molar-refractivity contribution in [2.75, 3.05) is 5.32 Å². The monoisotopic (exact) mass is 328 g/mol. The molecule has 1 aliphatic rings. The highest BCUT2D eigenvalue weighted by molar-refractivity contribution is 5.88. The van der Waals surface area contributed by atoms with Gasteiger partial charge in [0.1, 0.15) is 5.69 Å². The Labute approximate surface area is 136 Å². The molecule has 3 N–H and O–H groups in total. The van der Waals surface area contributed by atoms with E-state index in [4.69, 9.17) is 10.2 Å². The van der Waals surface area contributed by atoms with Crippen LogP contribution in [0.5, 0.6) is 0 Å². The Morgan fingerprint density at radius 2 is 2.12 bits per heavy atom. The zero-order chi connectivity index (χ0) is 16.7. The van der Waals surface area contributed by atoms with Crippen LogP contribution in [0.2, 0.25) is 0 Å². The molecule has 9 nitrogen and oxygen atoms in total. The van der Waals surface area contributed by atoms with Crippen molar-refractivity contribution in [2.24, 2.45) is 0 Å². The van der Waals surface area contributed by atoms with E-state index in [1.165, 1.54) is 0 Å². The van der Waals surface area contributed by atoms with Gasteiger partial charge in [0.05, 0.1) is 30.7 Å². The van der Waals surface area contributed by atoms with Crippen LogP contribution in [0.1, 0.15) is 35.7 Å². The van der Waals surface area contributed by atoms with Crippen LogP contribution in [-0.4, -0.2) is 40.7 Å². The summed E-state index contributed by atoms with van der Waals surface area (Å²) in [6, 6.07) is 1.86. The number of carboxylic acid groups (broad SMARTS) is 1. The van der Waals surface area contributed by atoms with Gasteiger partial charge in [-0.15, -0.1) is 5.10 Å². The summed E-state index contributed by atoms with van der Waals surface area (Å²) in [5.74, 6) is 0.497. The Hall–Kier alpha value is -2.94. The first-order valence-corrected chi connectivity index (χ1v) is 7.63. The third kappa shape index (κ3) is 2.81. The second-order valence-corrected chi connectivity index (χ2v) is 5.92. The first kappa shape index (κ1) is 14.6. The number of amides is 1. The lowest BCUT2D eigenvalue weighted by Gasteiger charge is -2.06. The van der Waals surface area contributed by atoms with Gasteiger partial charge in [-0.3, -0.25) is 5.32 Å². The summed E-state index contributed by atoms with van der Waals surface area (Å²) in [5, 5.41) is 28.3. The van der Waals surface area contributed by atoms with Gasteiger partial charge in [0, 0.05) is 12.4 Å². The Morgan fingerprint density at radius 1 is 1.29 bits per heavy atom. The first-order chi connectivity index (χ1) is 11.6. The molecule has 1 amide bonds. The number of carbonyl (C=O) groups is 1. The van der Waals surface area contributed by atoms with Crippen molar-refractivity contribution in [3.63, 3.8) is 0 Å². The number of aliphatic hydroxyl groups excluding tert-OH is 1. The largest absolute Gasteiger partial charge is 0.465 e. The zero-order valence-corrected chi connectivity index (χ0v) is 12.8. The van der Waals surface area contributed by atoms with Crippen molar-refractivity contribution < 1.29 is 15.0 Å². The average Bonchev–Trinajstić information content (AvgIpc) is 3.16. The molecular weight excluding hydrogens is 312 g/mol. The van der Waals surface area contributed by atoms with E-state index >= 15 is 0 Å². The molecule has 1 saturated carbocycles. The van der Waals surface area contributed by atoms with Crippen molar-refractivity contribution >= 4 is 17.4 Å². The second kappa shape index (κ2) is 5.60. The first-order valence-electron chi connectivity index (χ1n) is 7.63. The van der Waals surface area contributed by atoms with Crippen molar-refractivity contribution in [1.29, 1.82) is 0 Å². The molecule has 24 heavy (non-hydrogen) atoms. The molecule has 3 aromatic heterocycles. The van der Waals surface area contributed by atoms with Gasteiger partial charge < -0.3 is 14.6 Å². The molecule has 0 spiro atoms. The summed E-state index contributed by atoms with van der Waals surface area (Å²) >= 11 is 0. The number of fused-ring (bicyclic) bond motifs is 1. The molecule has 0 aromatic carbocycles. The quantitative estimate of drug-likeness (QED) is 0.652. The van der Waals surface area contributed by atoms with Crippen LogP contribution in [-0.2, 0) is 13.2 Å². The van der Waals surface area contributed by atoms with Crippen LogP contribution in [0.4, 0.5) is 10.5 Å². The average molecular weight is 328 g/mol. The van der Waals surface area contributed by atoms with E-state index < -0.39 is 6.09 Å². The molecule has 0 saturated heterocycles. The number of pyridine rings is 1. The lowest BCUT2D eigenvalue weighted by atomic mass is 10.2. The van der Waals surface area contributed by atoms with Gasteiger partial charge in [-0.2, -0.15) is 0 Å². The maximum Gasteiger partial charge on any atom is 0.409 e. The summed E-state index contributed by atoms with van der Waals surface area (Å²) in [5.41, 5.74) is 3.36. The van der Waals surface area contributed by atoms with Gasteiger partial charge in [0.15, 0.2) is 5.65 Å².